The van der Waals surface area contributed by atoms with E-state index in [-0.39, 0.29) is 18.1 Å². The third-order valence-electron chi connectivity index (χ3n) is 6.13. The monoisotopic (exact) mass is 431 g/mol. The van der Waals surface area contributed by atoms with Crippen molar-refractivity contribution in [2.24, 2.45) is 0 Å². The summed E-state index contributed by atoms with van der Waals surface area (Å²) in [6.45, 7) is 2.29. The van der Waals surface area contributed by atoms with E-state index in [1.165, 1.54) is 32.1 Å². The van der Waals surface area contributed by atoms with Crippen molar-refractivity contribution in [2.45, 2.75) is 19.3 Å². The lowest BCUT2D eigenvalue weighted by Crippen LogP contribution is -2.29. The quantitative estimate of drug-likeness (QED) is 0.537. The van der Waals surface area contributed by atoms with Crippen LogP contribution in [0.15, 0.2) is 48.2 Å². The molecule has 0 aliphatic carbocycles. The van der Waals surface area contributed by atoms with Crippen molar-refractivity contribution in [1.82, 2.24) is 9.97 Å². The summed E-state index contributed by atoms with van der Waals surface area (Å²) in [4.78, 5) is 23.7. The number of methoxy groups -OCH3 is 1. The van der Waals surface area contributed by atoms with Crippen LogP contribution in [0.25, 0.3) is 16.6 Å². The second-order valence-corrected chi connectivity index (χ2v) is 8.13. The fourth-order valence-electron chi connectivity index (χ4n) is 4.41. The molecule has 0 atom stereocenters. The molecule has 0 saturated carbocycles. The Bertz CT molecular complexity index is 1220. The van der Waals surface area contributed by atoms with Gasteiger partial charge in [0.05, 0.1) is 35.8 Å². The summed E-state index contributed by atoms with van der Waals surface area (Å²) in [7, 11) is 1.34. The lowest BCUT2D eigenvalue weighted by Gasteiger charge is -2.28. The number of aromatic amines is 1. The normalized spacial score (nSPS) is 16.8. The number of nitrogens with zero attached hydrogens (tertiary/aromatic N) is 3. The van der Waals surface area contributed by atoms with Crippen LogP contribution < -0.4 is 9.80 Å². The minimum atomic E-state index is -0.416. The number of aliphatic hydroxyl groups is 1. The van der Waals surface area contributed by atoms with Gasteiger partial charge in [0.25, 0.3) is 0 Å². The van der Waals surface area contributed by atoms with Gasteiger partial charge < -0.3 is 24.6 Å². The Labute approximate surface area is 185 Å². The van der Waals surface area contributed by atoms with E-state index >= 15 is 0 Å². The number of hydrogen-bond acceptors (Lipinski definition) is 6. The molecule has 8 heteroatoms. The molecule has 0 bridgehead atoms. The van der Waals surface area contributed by atoms with Crippen molar-refractivity contribution in [3.05, 3.63) is 59.6 Å². The molecule has 3 N–H and O–H groups in total. The van der Waals surface area contributed by atoms with Crippen molar-refractivity contribution in [3.63, 3.8) is 0 Å². The zero-order valence-corrected chi connectivity index (χ0v) is 17.9. The smallest absolute Gasteiger partial charge is 0.337 e. The standard InChI is InChI=1S/C24H25N5O3/c1-32-24(31)15-5-7-16(8-6-15)29-14-20(30)21(22(29)25)23-26-18-10-9-17(13-19(18)27-23)28-11-3-2-4-12-28/h5-10,13,25,30H,2-4,11-12,14H2,1H3,(H,26,27). The first kappa shape index (κ1) is 20.1. The minimum Gasteiger partial charge on any atom is -0.509 e. The van der Waals surface area contributed by atoms with E-state index in [4.69, 9.17) is 10.1 Å². The summed E-state index contributed by atoms with van der Waals surface area (Å²) >= 11 is 0. The van der Waals surface area contributed by atoms with Crippen LogP contribution in [0.3, 0.4) is 0 Å². The van der Waals surface area contributed by atoms with Crippen molar-refractivity contribution >= 4 is 39.8 Å². The number of aromatic nitrogens is 2. The fourth-order valence-corrected chi connectivity index (χ4v) is 4.41. The van der Waals surface area contributed by atoms with Gasteiger partial charge in [-0.3, -0.25) is 5.41 Å². The van der Waals surface area contributed by atoms with Gasteiger partial charge in [0.15, 0.2) is 0 Å². The highest BCUT2D eigenvalue weighted by molar-refractivity contribution is 6.30. The second-order valence-electron chi connectivity index (χ2n) is 8.13. The predicted molar refractivity (Wildman–Crippen MR) is 125 cm³/mol. The Morgan fingerprint density at radius 3 is 2.53 bits per heavy atom. The van der Waals surface area contributed by atoms with Crippen LogP contribution in [0.2, 0.25) is 0 Å². The Hall–Kier alpha value is -3.81. The Balaban J connectivity index is 1.41. The fraction of sp³-hybridized carbons (Fsp3) is 0.292. The number of anilines is 2. The molecule has 164 valence electrons. The van der Waals surface area contributed by atoms with E-state index in [1.54, 1.807) is 29.2 Å². The molecule has 0 radical (unpaired) electrons. The van der Waals surface area contributed by atoms with Gasteiger partial charge in [-0.2, -0.15) is 0 Å². The van der Waals surface area contributed by atoms with Crippen LogP contribution in [0.5, 0.6) is 0 Å². The molecule has 2 aromatic carbocycles. The maximum atomic E-state index is 11.7. The highest BCUT2D eigenvalue weighted by Crippen LogP contribution is 2.32. The average Bonchev–Trinajstić information content (AvgIpc) is 3.38. The molecule has 2 aliphatic heterocycles. The van der Waals surface area contributed by atoms with Crippen LogP contribution in [-0.4, -0.2) is 53.6 Å². The zero-order valence-electron chi connectivity index (χ0n) is 17.9. The molecular formula is C24H25N5O3. The van der Waals surface area contributed by atoms with Crippen LogP contribution in [0.1, 0.15) is 35.4 Å². The minimum absolute atomic E-state index is 0.0855. The summed E-state index contributed by atoms with van der Waals surface area (Å²) in [5.74, 6) is 0.305. The number of carbonyl (C=O) groups excluding carboxylic acids is 1. The van der Waals surface area contributed by atoms with E-state index in [0.717, 1.165) is 24.1 Å². The first-order valence-corrected chi connectivity index (χ1v) is 10.8. The number of fused-ring (bicyclic) bond motifs is 1. The van der Waals surface area contributed by atoms with Crippen molar-refractivity contribution in [2.75, 3.05) is 36.5 Å². The van der Waals surface area contributed by atoms with Gasteiger partial charge in [-0.15, -0.1) is 0 Å². The van der Waals surface area contributed by atoms with E-state index in [2.05, 4.69) is 27.0 Å². The van der Waals surface area contributed by atoms with E-state index in [1.807, 2.05) is 6.07 Å². The topological polar surface area (TPSA) is 106 Å². The number of rotatable bonds is 4. The lowest BCUT2D eigenvalue weighted by molar-refractivity contribution is 0.0600. The summed E-state index contributed by atoms with van der Waals surface area (Å²) in [6, 6.07) is 12.9. The summed E-state index contributed by atoms with van der Waals surface area (Å²) < 4.78 is 4.73. The van der Waals surface area contributed by atoms with E-state index in [9.17, 15) is 9.90 Å². The molecule has 2 aliphatic rings. The summed E-state index contributed by atoms with van der Waals surface area (Å²) in [5.41, 5.74) is 4.37. The second kappa shape index (κ2) is 8.03. The number of benzene rings is 2. The molecule has 0 unspecified atom stereocenters. The average molecular weight is 431 g/mol. The lowest BCUT2D eigenvalue weighted by atomic mass is 10.1. The van der Waals surface area contributed by atoms with Crippen molar-refractivity contribution in [1.29, 1.82) is 5.41 Å². The number of piperidine rings is 1. The van der Waals surface area contributed by atoms with Crippen LogP contribution in [-0.2, 0) is 4.74 Å². The third-order valence-corrected chi connectivity index (χ3v) is 6.13. The Kier molecular flexibility index (Phi) is 5.05. The third kappa shape index (κ3) is 3.47. The van der Waals surface area contributed by atoms with Gasteiger partial charge in [0.1, 0.15) is 17.4 Å². The number of H-pyrrole nitrogens is 1. The van der Waals surface area contributed by atoms with Gasteiger partial charge in [0.2, 0.25) is 0 Å². The molecule has 1 aromatic heterocycles. The van der Waals surface area contributed by atoms with E-state index < -0.39 is 5.97 Å². The van der Waals surface area contributed by atoms with Crippen LogP contribution >= 0.6 is 0 Å². The molecule has 0 spiro atoms. The first-order valence-electron chi connectivity index (χ1n) is 10.8. The number of aliphatic hydroxyl groups excluding tert-OH is 1. The van der Waals surface area contributed by atoms with Crippen LogP contribution in [0, 0.1) is 5.41 Å². The number of imidazole rings is 1. The SMILES string of the molecule is COC(=O)c1ccc(N2CC(O)=C(c3nc4ccc(N5CCCCC5)cc4[nH]3)C2=N)cc1. The number of ether oxygens (including phenoxy) is 1. The molecule has 0 amide bonds. The van der Waals surface area contributed by atoms with Gasteiger partial charge in [-0.05, 0) is 61.7 Å². The number of hydrogen-bond donors (Lipinski definition) is 3. The highest BCUT2D eigenvalue weighted by atomic mass is 16.5. The number of nitrogens with one attached hydrogen (secondary N) is 2. The van der Waals surface area contributed by atoms with Crippen molar-refractivity contribution < 1.29 is 14.6 Å². The van der Waals surface area contributed by atoms with Gasteiger partial charge in [-0.1, -0.05) is 0 Å². The van der Waals surface area contributed by atoms with Gasteiger partial charge in [0, 0.05) is 24.5 Å². The zero-order chi connectivity index (χ0) is 22.2. The molecule has 3 aromatic rings. The number of esters is 1. The van der Waals surface area contributed by atoms with Crippen LogP contribution in [0.4, 0.5) is 11.4 Å². The molecule has 8 nitrogen and oxygen atoms in total. The number of amidine groups is 1. The summed E-state index contributed by atoms with van der Waals surface area (Å²) in [6.07, 6.45) is 3.70. The highest BCUT2D eigenvalue weighted by Gasteiger charge is 2.31. The predicted octanol–water partition coefficient (Wildman–Crippen LogP) is 4.11. The molecule has 5 rings (SSSR count). The first-order chi connectivity index (χ1) is 15.5. The van der Waals surface area contributed by atoms with Gasteiger partial charge in [-0.25, -0.2) is 9.78 Å². The Morgan fingerprint density at radius 2 is 1.81 bits per heavy atom. The molecular weight excluding hydrogens is 406 g/mol. The molecule has 1 fully saturated rings. The van der Waals surface area contributed by atoms with E-state index in [0.29, 0.717) is 22.6 Å². The Morgan fingerprint density at radius 1 is 1.09 bits per heavy atom. The largest absolute Gasteiger partial charge is 0.509 e. The van der Waals surface area contributed by atoms with Gasteiger partial charge >= 0.3 is 5.97 Å². The maximum Gasteiger partial charge on any atom is 0.337 e. The number of carbonyl (C=O) groups is 1. The maximum absolute atomic E-state index is 11.7. The molecule has 32 heavy (non-hydrogen) atoms. The molecule has 1 saturated heterocycles. The molecule has 3 heterocycles. The summed E-state index contributed by atoms with van der Waals surface area (Å²) in [5, 5.41) is 19.3. The van der Waals surface area contributed by atoms with Crippen molar-refractivity contribution in [3.8, 4) is 0 Å².